The molecule has 5 rings (SSSR count). The van der Waals surface area contributed by atoms with Gasteiger partial charge in [-0.3, -0.25) is 9.13 Å². The lowest BCUT2D eigenvalue weighted by atomic mass is 9.86. The van der Waals surface area contributed by atoms with Crippen molar-refractivity contribution in [2.75, 3.05) is 0 Å². The highest BCUT2D eigenvalue weighted by Crippen LogP contribution is 2.36. The van der Waals surface area contributed by atoms with Crippen LogP contribution in [0.2, 0.25) is 0 Å². The quantitative estimate of drug-likeness (QED) is 0.358. The molecule has 184 valence electrons. The molecular formula is C25H22F2N6O2S. The first-order chi connectivity index (χ1) is 17.3. The molecule has 5 aromatic rings. The summed E-state index contributed by atoms with van der Waals surface area (Å²) in [5, 5.41) is 18.7. The highest BCUT2D eigenvalue weighted by Gasteiger charge is 2.41. The van der Waals surface area contributed by atoms with Gasteiger partial charge in [-0.2, -0.15) is 5.10 Å². The maximum absolute atomic E-state index is 14.9. The lowest BCUT2D eigenvalue weighted by Crippen LogP contribution is -2.43. The summed E-state index contributed by atoms with van der Waals surface area (Å²) in [5.74, 6) is -1.70. The fourth-order valence-corrected chi connectivity index (χ4v) is 4.87. The van der Waals surface area contributed by atoms with Crippen molar-refractivity contribution in [3.63, 3.8) is 0 Å². The summed E-state index contributed by atoms with van der Waals surface area (Å²) < 4.78 is 32.6. The highest BCUT2D eigenvalue weighted by molar-refractivity contribution is 7.09. The Bertz CT molecular complexity index is 1560. The van der Waals surface area contributed by atoms with Crippen LogP contribution in [-0.4, -0.2) is 34.0 Å². The SMILES string of the molecule is Cc1nc(-c2ccc(-n3ccn(C(C)C(O)(Cn4cncn4)c4ccc(F)cc4F)c3=O)cc2)cs1. The van der Waals surface area contributed by atoms with E-state index in [2.05, 4.69) is 15.1 Å². The van der Waals surface area contributed by atoms with Crippen molar-refractivity contribution in [1.82, 2.24) is 28.9 Å². The molecule has 0 saturated carbocycles. The van der Waals surface area contributed by atoms with Crippen LogP contribution in [0, 0.1) is 18.6 Å². The third-order valence-electron chi connectivity index (χ3n) is 6.24. The van der Waals surface area contributed by atoms with Gasteiger partial charge in [-0.25, -0.2) is 28.2 Å². The minimum Gasteiger partial charge on any atom is -0.381 e. The van der Waals surface area contributed by atoms with Gasteiger partial charge >= 0.3 is 5.69 Å². The van der Waals surface area contributed by atoms with Crippen LogP contribution in [0.4, 0.5) is 8.78 Å². The number of rotatable bonds is 7. The summed E-state index contributed by atoms with van der Waals surface area (Å²) in [6, 6.07) is 9.37. The number of hydrogen-bond acceptors (Lipinski definition) is 6. The van der Waals surface area contributed by atoms with Crippen molar-refractivity contribution < 1.29 is 13.9 Å². The predicted octanol–water partition coefficient (Wildman–Crippen LogP) is 4.09. The average molecular weight is 509 g/mol. The Hall–Kier alpha value is -3.96. The highest BCUT2D eigenvalue weighted by atomic mass is 32.1. The summed E-state index contributed by atoms with van der Waals surface area (Å²) >= 11 is 1.56. The van der Waals surface area contributed by atoms with E-state index in [9.17, 15) is 18.7 Å². The second kappa shape index (κ2) is 9.25. The van der Waals surface area contributed by atoms with Gasteiger partial charge in [0.25, 0.3) is 0 Å². The number of thiazole rings is 1. The summed E-state index contributed by atoms with van der Waals surface area (Å²) in [6.45, 7) is 3.32. The standard InChI is InChI=1S/C25H22F2N6O2S/c1-16(25(35,13-31-15-28-14-29-31)21-8-5-19(26)11-22(21)27)32-9-10-33(24(32)34)20-6-3-18(4-7-20)23-12-36-17(2)30-23/h3-12,14-16,35H,13H2,1-2H3. The molecule has 3 heterocycles. The molecule has 0 aliphatic heterocycles. The lowest BCUT2D eigenvalue weighted by molar-refractivity contribution is -0.0342. The van der Waals surface area contributed by atoms with Crippen LogP contribution in [0.25, 0.3) is 16.9 Å². The largest absolute Gasteiger partial charge is 0.381 e. The molecule has 0 spiro atoms. The Kier molecular flexibility index (Phi) is 6.10. The molecule has 3 aromatic heterocycles. The van der Waals surface area contributed by atoms with Crippen LogP contribution in [0.1, 0.15) is 23.5 Å². The van der Waals surface area contributed by atoms with Gasteiger partial charge in [0.1, 0.15) is 29.9 Å². The van der Waals surface area contributed by atoms with Crippen molar-refractivity contribution in [2.24, 2.45) is 0 Å². The number of aromatic nitrogens is 6. The zero-order valence-electron chi connectivity index (χ0n) is 19.4. The molecule has 0 fully saturated rings. The number of imidazole rings is 1. The second-order valence-electron chi connectivity index (χ2n) is 8.47. The fraction of sp³-hybridized carbons (Fsp3) is 0.200. The number of benzene rings is 2. The summed E-state index contributed by atoms with van der Waals surface area (Å²) in [4.78, 5) is 21.8. The number of aryl methyl sites for hydroxylation is 1. The maximum atomic E-state index is 14.9. The van der Waals surface area contributed by atoms with E-state index in [1.807, 2.05) is 36.6 Å². The number of halogens is 2. The topological polar surface area (TPSA) is 90.8 Å². The molecule has 0 aliphatic rings. The number of hydrogen-bond donors (Lipinski definition) is 1. The monoisotopic (exact) mass is 508 g/mol. The lowest BCUT2D eigenvalue weighted by Gasteiger charge is -2.35. The van der Waals surface area contributed by atoms with Gasteiger partial charge in [0, 0.05) is 35.0 Å². The molecule has 1 N–H and O–H groups in total. The van der Waals surface area contributed by atoms with E-state index in [0.717, 1.165) is 22.3 Å². The van der Waals surface area contributed by atoms with E-state index < -0.39 is 29.0 Å². The third kappa shape index (κ3) is 4.27. The van der Waals surface area contributed by atoms with Crippen LogP contribution < -0.4 is 5.69 Å². The van der Waals surface area contributed by atoms with Crippen molar-refractivity contribution in [3.05, 3.63) is 106 Å². The van der Waals surface area contributed by atoms with Gasteiger partial charge in [-0.15, -0.1) is 11.3 Å². The molecule has 8 nitrogen and oxygen atoms in total. The first-order valence-corrected chi connectivity index (χ1v) is 12.0. The average Bonchev–Trinajstić information content (AvgIpc) is 3.60. The minimum atomic E-state index is -1.95. The van der Waals surface area contributed by atoms with Gasteiger partial charge in [0.15, 0.2) is 0 Å². The Morgan fingerprint density at radius 3 is 2.56 bits per heavy atom. The molecule has 2 unspecified atom stereocenters. The zero-order chi connectivity index (χ0) is 25.4. The summed E-state index contributed by atoms with van der Waals surface area (Å²) in [6.07, 6.45) is 5.76. The minimum absolute atomic E-state index is 0.158. The van der Waals surface area contributed by atoms with E-state index in [-0.39, 0.29) is 12.1 Å². The molecule has 0 amide bonds. The van der Waals surface area contributed by atoms with Crippen LogP contribution in [-0.2, 0) is 12.1 Å². The number of nitrogens with zero attached hydrogens (tertiary/aromatic N) is 6. The predicted molar refractivity (Wildman–Crippen MR) is 131 cm³/mol. The first kappa shape index (κ1) is 23.8. The summed E-state index contributed by atoms with van der Waals surface area (Å²) in [5.41, 5.74) is -0.128. The molecular weight excluding hydrogens is 486 g/mol. The van der Waals surface area contributed by atoms with Crippen molar-refractivity contribution in [1.29, 1.82) is 0 Å². The van der Waals surface area contributed by atoms with Gasteiger partial charge in [-0.05, 0) is 32.0 Å². The van der Waals surface area contributed by atoms with E-state index in [0.29, 0.717) is 11.8 Å². The smallest absolute Gasteiger partial charge is 0.333 e. The Morgan fingerprint density at radius 2 is 1.92 bits per heavy atom. The Labute approximate surface area is 208 Å². The molecule has 0 radical (unpaired) electrons. The van der Waals surface area contributed by atoms with Crippen molar-refractivity contribution >= 4 is 11.3 Å². The zero-order valence-corrected chi connectivity index (χ0v) is 20.2. The third-order valence-corrected chi connectivity index (χ3v) is 7.01. The van der Waals surface area contributed by atoms with Crippen LogP contribution in [0.3, 0.4) is 0 Å². The van der Waals surface area contributed by atoms with Crippen LogP contribution >= 0.6 is 11.3 Å². The second-order valence-corrected chi connectivity index (χ2v) is 9.54. The van der Waals surface area contributed by atoms with Crippen molar-refractivity contribution in [3.8, 4) is 16.9 Å². The molecule has 0 bridgehead atoms. The Morgan fingerprint density at radius 1 is 1.14 bits per heavy atom. The van der Waals surface area contributed by atoms with E-state index >= 15 is 0 Å². The molecule has 11 heteroatoms. The van der Waals surface area contributed by atoms with E-state index in [4.69, 9.17) is 0 Å². The number of aliphatic hydroxyl groups is 1. The van der Waals surface area contributed by atoms with Crippen molar-refractivity contribution in [2.45, 2.75) is 32.0 Å². The summed E-state index contributed by atoms with van der Waals surface area (Å²) in [7, 11) is 0. The molecule has 2 atom stereocenters. The van der Waals surface area contributed by atoms with Gasteiger partial charge in [-0.1, -0.05) is 18.2 Å². The normalized spacial score (nSPS) is 14.0. The maximum Gasteiger partial charge on any atom is 0.333 e. The first-order valence-electron chi connectivity index (χ1n) is 11.1. The van der Waals surface area contributed by atoms with Gasteiger partial charge in [0.05, 0.1) is 29.0 Å². The molecule has 2 aromatic carbocycles. The fourth-order valence-electron chi connectivity index (χ4n) is 4.24. The van der Waals surface area contributed by atoms with E-state index in [1.165, 1.54) is 38.7 Å². The molecule has 0 saturated heterocycles. The van der Waals surface area contributed by atoms with Gasteiger partial charge < -0.3 is 5.11 Å². The van der Waals surface area contributed by atoms with E-state index in [1.54, 1.807) is 24.5 Å². The molecule has 36 heavy (non-hydrogen) atoms. The molecule has 0 aliphatic carbocycles. The van der Waals surface area contributed by atoms with Crippen LogP contribution in [0.5, 0.6) is 0 Å². The van der Waals surface area contributed by atoms with Crippen LogP contribution in [0.15, 0.2) is 77.7 Å². The Balaban J connectivity index is 1.52. The van der Waals surface area contributed by atoms with Gasteiger partial charge in [0.2, 0.25) is 0 Å².